The highest BCUT2D eigenvalue weighted by Crippen LogP contribution is 2.26. The average Bonchev–Trinajstić information content (AvgIpc) is 3.01. The maximum absolute atomic E-state index is 6.15. The fourth-order valence-electron chi connectivity index (χ4n) is 5.45. The molecule has 0 spiro atoms. The molecule has 0 saturated carbocycles. The van der Waals surface area contributed by atoms with Gasteiger partial charge >= 0.3 is 0 Å². The number of halogens is 2. The highest BCUT2D eigenvalue weighted by atomic mass is 79.9. The third-order valence-corrected chi connectivity index (χ3v) is 8.00. The summed E-state index contributed by atoms with van der Waals surface area (Å²) in [5.41, 5.74) is 0. The molecule has 246 valence electrons. The van der Waals surface area contributed by atoms with Gasteiger partial charge in [-0.2, -0.15) is 0 Å². The van der Waals surface area contributed by atoms with Crippen LogP contribution in [0.15, 0.2) is 73.3 Å². The first kappa shape index (κ1) is 40.1. The van der Waals surface area contributed by atoms with Crippen molar-refractivity contribution in [2.75, 3.05) is 0 Å². The fourth-order valence-corrected chi connectivity index (χ4v) is 5.45. The largest absolute Gasteiger partial charge is 1.00 e. The third kappa shape index (κ3) is 18.1. The van der Waals surface area contributed by atoms with Crippen LogP contribution in [0.25, 0.3) is 0 Å². The fraction of sp³-hybridized carbons (Fsp3) is 0.579. The maximum atomic E-state index is 6.15. The van der Waals surface area contributed by atoms with Crippen LogP contribution in [0, 0.1) is 0 Å². The number of hydrogen-bond donors (Lipinski definition) is 0. The van der Waals surface area contributed by atoms with E-state index in [1.54, 1.807) is 0 Å². The number of aromatic nitrogens is 2. The molecule has 4 nitrogen and oxygen atoms in total. The second kappa shape index (κ2) is 26.3. The molecule has 0 aliphatic rings. The van der Waals surface area contributed by atoms with Crippen LogP contribution in [0.3, 0.4) is 0 Å². The minimum Gasteiger partial charge on any atom is -1.00 e. The summed E-state index contributed by atoms with van der Waals surface area (Å²) in [6.07, 6.45) is 32.8. The number of hydrogen-bond acceptors (Lipinski definition) is 2. The van der Waals surface area contributed by atoms with Crippen molar-refractivity contribution in [1.29, 1.82) is 0 Å². The molecule has 3 aromatic rings. The van der Waals surface area contributed by atoms with Crippen molar-refractivity contribution in [1.82, 2.24) is 0 Å². The smallest absolute Gasteiger partial charge is 0.211 e. The quantitative estimate of drug-likeness (QED) is 0.0967. The SMILES string of the molecule is CCCCCCCCCCC[n+]1cccc(Oc2ccc(Oc3ccc[n+](CCCCCCCCCCC)c3)cc2)c1.[Br-].[Br-]. The molecule has 0 saturated heterocycles. The van der Waals surface area contributed by atoms with Crippen LogP contribution in [0.2, 0.25) is 0 Å². The first-order chi connectivity index (χ1) is 20.8. The highest BCUT2D eigenvalue weighted by molar-refractivity contribution is 5.36. The zero-order chi connectivity index (χ0) is 29.5. The molecule has 0 atom stereocenters. The van der Waals surface area contributed by atoms with E-state index in [-0.39, 0.29) is 34.0 Å². The Kier molecular flexibility index (Phi) is 24.0. The van der Waals surface area contributed by atoms with Crippen LogP contribution in [0.1, 0.15) is 129 Å². The number of rotatable bonds is 24. The van der Waals surface area contributed by atoms with Crippen molar-refractivity contribution in [3.63, 3.8) is 0 Å². The minimum atomic E-state index is 0. The normalized spacial score (nSPS) is 10.6. The second-order valence-corrected chi connectivity index (χ2v) is 11.9. The summed E-state index contributed by atoms with van der Waals surface area (Å²) in [5.74, 6) is 3.36. The number of benzene rings is 1. The third-order valence-electron chi connectivity index (χ3n) is 8.00. The van der Waals surface area contributed by atoms with E-state index in [1.807, 2.05) is 36.4 Å². The predicted octanol–water partition coefficient (Wildman–Crippen LogP) is 4.92. The van der Waals surface area contributed by atoms with E-state index < -0.39 is 0 Å². The van der Waals surface area contributed by atoms with Crippen LogP contribution in [0.4, 0.5) is 0 Å². The Morgan fingerprint density at radius 2 is 0.727 bits per heavy atom. The van der Waals surface area contributed by atoms with Gasteiger partial charge in [0.05, 0.1) is 0 Å². The summed E-state index contributed by atoms with van der Waals surface area (Å²) >= 11 is 0. The number of pyridine rings is 2. The van der Waals surface area contributed by atoms with Crippen molar-refractivity contribution >= 4 is 0 Å². The minimum absolute atomic E-state index is 0. The Bertz CT molecular complexity index is 1010. The monoisotopic (exact) mass is 732 g/mol. The van der Waals surface area contributed by atoms with Gasteiger partial charge in [0.2, 0.25) is 12.4 Å². The number of unbranched alkanes of at least 4 members (excludes halogenated alkanes) is 16. The lowest BCUT2D eigenvalue weighted by atomic mass is 10.1. The van der Waals surface area contributed by atoms with Gasteiger partial charge < -0.3 is 43.4 Å². The standard InChI is InChI=1S/C38H58N2O2.2BrH/c1-3-5-7-9-11-13-15-17-19-29-39-31-21-23-37(33-39)41-35-25-27-36(28-26-35)42-38-24-22-32-40(34-38)30-20-18-16-14-12-10-8-6-4-2;;/h21-28,31-34H,3-20,29-30H2,1-2H3;2*1H/q+2;;/p-2. The molecule has 0 aliphatic heterocycles. The molecule has 44 heavy (non-hydrogen) atoms. The predicted molar refractivity (Wildman–Crippen MR) is 174 cm³/mol. The molecular weight excluding hydrogens is 676 g/mol. The Balaban J connectivity index is 0.00000484. The van der Waals surface area contributed by atoms with Gasteiger partial charge in [0, 0.05) is 25.0 Å². The summed E-state index contributed by atoms with van der Waals surface area (Å²) < 4.78 is 16.8. The Hall–Kier alpha value is -1.92. The number of nitrogens with zero attached hydrogens (tertiary/aromatic N) is 2. The highest BCUT2D eigenvalue weighted by Gasteiger charge is 2.08. The molecule has 3 rings (SSSR count). The Morgan fingerprint density at radius 1 is 0.409 bits per heavy atom. The molecule has 1 aromatic carbocycles. The average molecular weight is 735 g/mol. The van der Waals surface area contributed by atoms with Crippen molar-refractivity contribution in [3.8, 4) is 23.0 Å². The molecule has 0 amide bonds. The van der Waals surface area contributed by atoms with E-state index in [2.05, 4.69) is 59.9 Å². The van der Waals surface area contributed by atoms with E-state index in [1.165, 1.54) is 116 Å². The van der Waals surface area contributed by atoms with E-state index >= 15 is 0 Å². The zero-order valence-corrected chi connectivity index (χ0v) is 30.7. The maximum Gasteiger partial charge on any atom is 0.211 e. The van der Waals surface area contributed by atoms with Gasteiger partial charge in [0.1, 0.15) is 24.6 Å². The Morgan fingerprint density at radius 3 is 1.07 bits per heavy atom. The van der Waals surface area contributed by atoms with Crippen molar-refractivity contribution in [2.24, 2.45) is 0 Å². The molecule has 2 aromatic heterocycles. The van der Waals surface area contributed by atoms with Gasteiger partial charge in [0.25, 0.3) is 0 Å². The molecule has 0 aliphatic carbocycles. The van der Waals surface area contributed by atoms with Crippen molar-refractivity contribution < 1.29 is 52.6 Å². The molecule has 0 bridgehead atoms. The van der Waals surface area contributed by atoms with Gasteiger partial charge in [-0.05, 0) is 49.2 Å². The molecule has 0 unspecified atom stereocenters. The van der Waals surface area contributed by atoms with Crippen LogP contribution < -0.4 is 52.6 Å². The van der Waals surface area contributed by atoms with Crippen LogP contribution in [0.5, 0.6) is 23.0 Å². The van der Waals surface area contributed by atoms with E-state index in [0.717, 1.165) is 36.1 Å². The Labute approximate surface area is 290 Å². The number of aryl methyl sites for hydroxylation is 2. The van der Waals surface area contributed by atoms with Crippen molar-refractivity contribution in [2.45, 2.75) is 143 Å². The van der Waals surface area contributed by atoms with Crippen LogP contribution in [-0.4, -0.2) is 0 Å². The number of ether oxygens (including phenoxy) is 2. The van der Waals surface area contributed by atoms with Gasteiger partial charge in [-0.1, -0.05) is 104 Å². The molecule has 0 N–H and O–H groups in total. The lowest BCUT2D eigenvalue weighted by Crippen LogP contribution is -3.00. The van der Waals surface area contributed by atoms with E-state index in [0.29, 0.717) is 0 Å². The lowest BCUT2D eigenvalue weighted by Gasteiger charge is -2.08. The summed E-state index contributed by atoms with van der Waals surface area (Å²) in [4.78, 5) is 0. The van der Waals surface area contributed by atoms with Gasteiger partial charge in [-0.15, -0.1) is 0 Å². The summed E-state index contributed by atoms with van der Waals surface area (Å²) in [6.45, 7) is 6.63. The lowest BCUT2D eigenvalue weighted by molar-refractivity contribution is -0.697. The summed E-state index contributed by atoms with van der Waals surface area (Å²) in [5, 5.41) is 0. The summed E-state index contributed by atoms with van der Waals surface area (Å²) in [7, 11) is 0. The van der Waals surface area contributed by atoms with E-state index in [9.17, 15) is 0 Å². The van der Waals surface area contributed by atoms with Gasteiger partial charge in [-0.25, -0.2) is 9.13 Å². The van der Waals surface area contributed by atoms with Gasteiger partial charge in [-0.3, -0.25) is 0 Å². The molecule has 2 heterocycles. The van der Waals surface area contributed by atoms with Crippen LogP contribution >= 0.6 is 0 Å². The molecule has 6 heteroatoms. The molecule has 0 radical (unpaired) electrons. The molecular formula is C38H58Br2N2O2. The van der Waals surface area contributed by atoms with Crippen molar-refractivity contribution in [3.05, 3.63) is 73.3 Å². The summed E-state index contributed by atoms with van der Waals surface area (Å²) in [6, 6.07) is 16.1. The van der Waals surface area contributed by atoms with Crippen LogP contribution in [-0.2, 0) is 13.1 Å². The molecule has 0 fully saturated rings. The second-order valence-electron chi connectivity index (χ2n) is 11.9. The zero-order valence-electron chi connectivity index (χ0n) is 27.5. The first-order valence-corrected chi connectivity index (χ1v) is 17.2. The van der Waals surface area contributed by atoms with Gasteiger partial charge in [0.15, 0.2) is 23.9 Å². The first-order valence-electron chi connectivity index (χ1n) is 17.2. The van der Waals surface area contributed by atoms with E-state index in [4.69, 9.17) is 9.47 Å². The topological polar surface area (TPSA) is 26.2 Å².